The third kappa shape index (κ3) is 4.50. The van der Waals surface area contributed by atoms with Gasteiger partial charge in [-0.05, 0) is 48.5 Å². The van der Waals surface area contributed by atoms with E-state index in [-0.39, 0.29) is 12.0 Å². The molecule has 0 spiro atoms. The van der Waals surface area contributed by atoms with Crippen LogP contribution in [0.4, 0.5) is 17.6 Å². The first-order valence-corrected chi connectivity index (χ1v) is 9.60. The highest BCUT2D eigenvalue weighted by molar-refractivity contribution is 5.82. The summed E-state index contributed by atoms with van der Waals surface area (Å²) in [5, 5.41) is 5.67. The molecule has 4 rings (SSSR count). The largest absolute Gasteiger partial charge is 0.368 e. The molecule has 0 fully saturated rings. The molecule has 0 saturated heterocycles. The molecular weight excluding hydrogens is 360 g/mol. The molecule has 6 heteroatoms. The lowest BCUT2D eigenvalue weighted by atomic mass is 10.1. The SMILES string of the molecule is C[C@H](c1nc(N)nc(Nc2ccccc2)n1)N(C)Cc1ccc2ccccc2c1. The van der Waals surface area contributed by atoms with E-state index in [0.717, 1.165) is 12.2 Å². The van der Waals surface area contributed by atoms with Crippen LogP contribution < -0.4 is 11.1 Å². The Kier molecular flexibility index (Phi) is 5.35. The van der Waals surface area contributed by atoms with Gasteiger partial charge in [0.05, 0.1) is 6.04 Å². The van der Waals surface area contributed by atoms with Crippen molar-refractivity contribution in [3.63, 3.8) is 0 Å². The second kappa shape index (κ2) is 8.24. The number of nitrogens with zero attached hydrogens (tertiary/aromatic N) is 4. The summed E-state index contributed by atoms with van der Waals surface area (Å²) in [7, 11) is 2.06. The van der Waals surface area contributed by atoms with E-state index in [4.69, 9.17) is 5.73 Å². The summed E-state index contributed by atoms with van der Waals surface area (Å²) in [5.41, 5.74) is 8.09. The molecule has 3 N–H and O–H groups in total. The summed E-state index contributed by atoms with van der Waals surface area (Å²) in [6, 6.07) is 24.7. The third-order valence-corrected chi connectivity index (χ3v) is 4.98. The Hall–Kier alpha value is -3.51. The summed E-state index contributed by atoms with van der Waals surface area (Å²) in [6.07, 6.45) is 0. The van der Waals surface area contributed by atoms with Crippen molar-refractivity contribution in [1.82, 2.24) is 19.9 Å². The molecule has 0 aliphatic carbocycles. The summed E-state index contributed by atoms with van der Waals surface area (Å²) >= 11 is 0. The highest BCUT2D eigenvalue weighted by Gasteiger charge is 2.17. The number of fused-ring (bicyclic) bond motifs is 1. The summed E-state index contributed by atoms with van der Waals surface area (Å²) in [5.74, 6) is 1.29. The van der Waals surface area contributed by atoms with Gasteiger partial charge >= 0.3 is 0 Å². The Bertz CT molecular complexity index is 1110. The Labute approximate surface area is 170 Å². The zero-order valence-electron chi connectivity index (χ0n) is 16.6. The van der Waals surface area contributed by atoms with Gasteiger partial charge in [0.2, 0.25) is 11.9 Å². The number of nitrogens with two attached hydrogens (primary N) is 1. The molecule has 6 nitrogen and oxygen atoms in total. The van der Waals surface area contributed by atoms with Crippen LogP contribution in [-0.2, 0) is 6.54 Å². The maximum Gasteiger partial charge on any atom is 0.232 e. The van der Waals surface area contributed by atoms with E-state index < -0.39 is 0 Å². The molecule has 1 atom stereocenters. The lowest BCUT2D eigenvalue weighted by molar-refractivity contribution is 0.244. The van der Waals surface area contributed by atoms with E-state index in [1.165, 1.54) is 16.3 Å². The predicted molar refractivity (Wildman–Crippen MR) is 118 cm³/mol. The van der Waals surface area contributed by atoms with Crippen molar-refractivity contribution < 1.29 is 0 Å². The number of aromatic nitrogens is 3. The highest BCUT2D eigenvalue weighted by atomic mass is 15.2. The number of nitrogens with one attached hydrogen (secondary N) is 1. The van der Waals surface area contributed by atoms with E-state index in [9.17, 15) is 0 Å². The molecule has 0 aliphatic rings. The fraction of sp³-hybridized carbons (Fsp3) is 0.174. The lowest BCUT2D eigenvalue weighted by Crippen LogP contribution is -2.24. The molecule has 0 radical (unpaired) electrons. The van der Waals surface area contributed by atoms with Gasteiger partial charge in [-0.3, -0.25) is 4.90 Å². The number of rotatable bonds is 6. The quantitative estimate of drug-likeness (QED) is 0.508. The van der Waals surface area contributed by atoms with Gasteiger partial charge < -0.3 is 11.1 Å². The van der Waals surface area contributed by atoms with Gasteiger partial charge in [0.15, 0.2) is 5.82 Å². The smallest absolute Gasteiger partial charge is 0.232 e. The number of hydrogen-bond acceptors (Lipinski definition) is 6. The van der Waals surface area contributed by atoms with Crippen LogP contribution in [0.15, 0.2) is 72.8 Å². The first-order valence-electron chi connectivity index (χ1n) is 9.60. The van der Waals surface area contributed by atoms with E-state index in [1.54, 1.807) is 0 Å². The number of nitrogen functional groups attached to an aromatic ring is 1. The van der Waals surface area contributed by atoms with Crippen molar-refractivity contribution >= 4 is 28.4 Å². The van der Waals surface area contributed by atoms with Gasteiger partial charge in [-0.25, -0.2) is 0 Å². The highest BCUT2D eigenvalue weighted by Crippen LogP contribution is 2.22. The maximum absolute atomic E-state index is 5.95. The van der Waals surface area contributed by atoms with Crippen molar-refractivity contribution in [3.05, 3.63) is 84.2 Å². The molecule has 3 aromatic carbocycles. The van der Waals surface area contributed by atoms with Gasteiger partial charge in [-0.1, -0.05) is 54.6 Å². The van der Waals surface area contributed by atoms with Gasteiger partial charge in [-0.15, -0.1) is 0 Å². The number of benzene rings is 3. The Morgan fingerprint density at radius 3 is 2.41 bits per heavy atom. The zero-order valence-corrected chi connectivity index (χ0v) is 16.6. The minimum absolute atomic E-state index is 0.0249. The van der Waals surface area contributed by atoms with Crippen LogP contribution in [0.25, 0.3) is 10.8 Å². The fourth-order valence-corrected chi connectivity index (χ4v) is 3.26. The topological polar surface area (TPSA) is 80.0 Å². The van der Waals surface area contributed by atoms with E-state index in [2.05, 4.69) is 81.6 Å². The van der Waals surface area contributed by atoms with Crippen molar-refractivity contribution in [1.29, 1.82) is 0 Å². The predicted octanol–water partition coefficient (Wildman–Crippen LogP) is 4.54. The number of para-hydroxylation sites is 1. The van der Waals surface area contributed by atoms with Gasteiger partial charge in [-0.2, -0.15) is 15.0 Å². The summed E-state index contributed by atoms with van der Waals surface area (Å²) in [4.78, 5) is 15.4. The minimum atomic E-state index is -0.0249. The Balaban J connectivity index is 1.52. The molecule has 0 unspecified atom stereocenters. The van der Waals surface area contributed by atoms with Crippen LogP contribution in [0.2, 0.25) is 0 Å². The van der Waals surface area contributed by atoms with Gasteiger partial charge in [0.1, 0.15) is 0 Å². The summed E-state index contributed by atoms with van der Waals surface area (Å²) in [6.45, 7) is 2.85. The molecule has 1 heterocycles. The first kappa shape index (κ1) is 18.8. The maximum atomic E-state index is 5.95. The fourth-order valence-electron chi connectivity index (χ4n) is 3.26. The molecule has 0 bridgehead atoms. The molecule has 1 aromatic heterocycles. The molecule has 29 heavy (non-hydrogen) atoms. The number of hydrogen-bond donors (Lipinski definition) is 2. The Morgan fingerprint density at radius 1 is 0.897 bits per heavy atom. The van der Waals surface area contributed by atoms with E-state index in [1.807, 2.05) is 30.3 Å². The zero-order chi connectivity index (χ0) is 20.2. The van der Waals surface area contributed by atoms with Crippen molar-refractivity contribution in [3.8, 4) is 0 Å². The van der Waals surface area contributed by atoms with Gasteiger partial charge in [0.25, 0.3) is 0 Å². The minimum Gasteiger partial charge on any atom is -0.368 e. The average Bonchev–Trinajstić information content (AvgIpc) is 2.73. The molecule has 0 saturated carbocycles. The molecular formula is C23H24N6. The average molecular weight is 384 g/mol. The second-order valence-electron chi connectivity index (χ2n) is 7.14. The molecule has 4 aromatic rings. The molecule has 0 aliphatic heterocycles. The van der Waals surface area contributed by atoms with Crippen molar-refractivity contribution in [2.75, 3.05) is 18.1 Å². The van der Waals surface area contributed by atoms with E-state index >= 15 is 0 Å². The van der Waals surface area contributed by atoms with Gasteiger partial charge in [0, 0.05) is 12.2 Å². The van der Waals surface area contributed by atoms with Crippen LogP contribution in [-0.4, -0.2) is 26.9 Å². The monoisotopic (exact) mass is 384 g/mol. The lowest BCUT2D eigenvalue weighted by Gasteiger charge is -2.24. The Morgan fingerprint density at radius 2 is 1.62 bits per heavy atom. The molecule has 0 amide bonds. The third-order valence-electron chi connectivity index (χ3n) is 4.98. The van der Waals surface area contributed by atoms with E-state index in [0.29, 0.717) is 11.8 Å². The van der Waals surface area contributed by atoms with Crippen molar-refractivity contribution in [2.45, 2.75) is 19.5 Å². The normalized spacial score (nSPS) is 12.2. The van der Waals surface area contributed by atoms with Crippen LogP contribution in [0.1, 0.15) is 24.4 Å². The number of anilines is 3. The first-order chi connectivity index (χ1) is 14.1. The van der Waals surface area contributed by atoms with Crippen LogP contribution in [0, 0.1) is 0 Å². The van der Waals surface area contributed by atoms with Crippen LogP contribution in [0.5, 0.6) is 0 Å². The van der Waals surface area contributed by atoms with Crippen molar-refractivity contribution in [2.24, 2.45) is 0 Å². The van der Waals surface area contributed by atoms with Crippen LogP contribution >= 0.6 is 0 Å². The standard InChI is InChI=1S/C23H24N6/c1-16(29(2)15-17-12-13-18-8-6-7-9-19(18)14-17)21-26-22(24)28-23(27-21)25-20-10-4-3-5-11-20/h3-14,16H,15H2,1-2H3,(H3,24,25,26,27,28)/t16-/m1/s1. The molecule has 146 valence electrons. The second-order valence-corrected chi connectivity index (χ2v) is 7.14. The summed E-state index contributed by atoms with van der Waals surface area (Å²) < 4.78 is 0. The van der Waals surface area contributed by atoms with Crippen LogP contribution in [0.3, 0.4) is 0 Å².